The van der Waals surface area contributed by atoms with Crippen LogP contribution in [-0.4, -0.2) is 48.2 Å². The number of carboxylic acid groups (broad SMARTS) is 1. The fourth-order valence-corrected chi connectivity index (χ4v) is 2.24. The number of piperidine rings is 1. The van der Waals surface area contributed by atoms with Crippen molar-refractivity contribution in [1.82, 2.24) is 10.2 Å². The van der Waals surface area contributed by atoms with Crippen molar-refractivity contribution >= 4 is 5.97 Å². The Kier molecular flexibility index (Phi) is 5.05. The Balaban J connectivity index is 2.53. The summed E-state index contributed by atoms with van der Waals surface area (Å²) in [5, 5.41) is 12.4. The second kappa shape index (κ2) is 6.08. The first kappa shape index (κ1) is 12.5. The van der Waals surface area contributed by atoms with Crippen LogP contribution in [0.4, 0.5) is 0 Å². The normalized spacial score (nSPS) is 20.5. The molecule has 1 unspecified atom stereocenters. The Morgan fingerprint density at radius 1 is 1.53 bits per heavy atom. The minimum Gasteiger partial charge on any atom is -0.480 e. The Hall–Kier alpha value is -0.610. The zero-order chi connectivity index (χ0) is 11.3. The van der Waals surface area contributed by atoms with Gasteiger partial charge in [0.15, 0.2) is 0 Å². The topological polar surface area (TPSA) is 52.6 Å². The molecule has 0 aromatic rings. The van der Waals surface area contributed by atoms with E-state index in [-0.39, 0.29) is 6.04 Å². The largest absolute Gasteiger partial charge is 0.480 e. The standard InChI is InChI=1S/C11H22N2O2/c1-3-4-10(11(14)15)13(2)9-5-7-12-8-6-9/h9-10,12H,3-8H2,1-2H3,(H,14,15). The van der Waals surface area contributed by atoms with Gasteiger partial charge in [0, 0.05) is 6.04 Å². The van der Waals surface area contributed by atoms with Gasteiger partial charge >= 0.3 is 5.97 Å². The van der Waals surface area contributed by atoms with Gasteiger partial charge in [0.25, 0.3) is 0 Å². The lowest BCUT2D eigenvalue weighted by molar-refractivity contribution is -0.144. The van der Waals surface area contributed by atoms with E-state index in [0.29, 0.717) is 6.04 Å². The van der Waals surface area contributed by atoms with Crippen molar-refractivity contribution in [3.05, 3.63) is 0 Å². The van der Waals surface area contributed by atoms with E-state index in [1.54, 1.807) is 0 Å². The highest BCUT2D eigenvalue weighted by molar-refractivity contribution is 5.73. The molecular weight excluding hydrogens is 192 g/mol. The number of nitrogens with one attached hydrogen (secondary N) is 1. The summed E-state index contributed by atoms with van der Waals surface area (Å²) in [6.07, 6.45) is 3.79. The van der Waals surface area contributed by atoms with Crippen LogP contribution >= 0.6 is 0 Å². The summed E-state index contributed by atoms with van der Waals surface area (Å²) in [5.74, 6) is -0.683. The Bertz CT molecular complexity index is 203. The number of aliphatic carboxylic acids is 1. The van der Waals surface area contributed by atoms with Crippen LogP contribution in [0, 0.1) is 0 Å². The smallest absolute Gasteiger partial charge is 0.320 e. The molecule has 15 heavy (non-hydrogen) atoms. The first-order chi connectivity index (χ1) is 7.16. The molecule has 88 valence electrons. The molecule has 0 spiro atoms. The molecule has 0 saturated carbocycles. The number of rotatable bonds is 5. The molecule has 0 bridgehead atoms. The summed E-state index contributed by atoms with van der Waals surface area (Å²) in [6.45, 7) is 4.05. The zero-order valence-corrected chi connectivity index (χ0v) is 9.70. The molecular formula is C11H22N2O2. The number of nitrogens with zero attached hydrogens (tertiary/aromatic N) is 1. The summed E-state index contributed by atoms with van der Waals surface area (Å²) < 4.78 is 0. The van der Waals surface area contributed by atoms with Gasteiger partial charge in [-0.15, -0.1) is 0 Å². The maximum atomic E-state index is 11.1. The molecule has 0 aromatic heterocycles. The number of likely N-dealkylation sites (N-methyl/N-ethyl adjacent to an activating group) is 1. The van der Waals surface area contributed by atoms with E-state index >= 15 is 0 Å². The van der Waals surface area contributed by atoms with Crippen LogP contribution in [0.3, 0.4) is 0 Å². The summed E-state index contributed by atoms with van der Waals surface area (Å²) in [4.78, 5) is 13.2. The molecule has 1 rings (SSSR count). The average molecular weight is 214 g/mol. The van der Waals surface area contributed by atoms with Gasteiger partial charge in [-0.05, 0) is 39.4 Å². The molecule has 2 N–H and O–H groups in total. The third-order valence-corrected chi connectivity index (χ3v) is 3.22. The van der Waals surface area contributed by atoms with Crippen LogP contribution < -0.4 is 5.32 Å². The lowest BCUT2D eigenvalue weighted by atomic mass is 10.0. The first-order valence-corrected chi connectivity index (χ1v) is 5.82. The van der Waals surface area contributed by atoms with Crippen LogP contribution in [0.5, 0.6) is 0 Å². The summed E-state index contributed by atoms with van der Waals surface area (Å²) in [6, 6.07) is 0.122. The van der Waals surface area contributed by atoms with Gasteiger partial charge in [-0.3, -0.25) is 9.69 Å². The molecule has 4 nitrogen and oxygen atoms in total. The predicted molar refractivity (Wildman–Crippen MR) is 60.0 cm³/mol. The van der Waals surface area contributed by atoms with Gasteiger partial charge in [-0.25, -0.2) is 0 Å². The second-order valence-electron chi connectivity index (χ2n) is 4.29. The zero-order valence-electron chi connectivity index (χ0n) is 9.70. The van der Waals surface area contributed by atoms with E-state index in [4.69, 9.17) is 5.11 Å². The first-order valence-electron chi connectivity index (χ1n) is 5.82. The number of hydrogen-bond donors (Lipinski definition) is 2. The van der Waals surface area contributed by atoms with E-state index in [9.17, 15) is 4.79 Å². The highest BCUT2D eigenvalue weighted by Gasteiger charge is 2.28. The molecule has 4 heteroatoms. The molecule has 1 atom stereocenters. The molecule has 1 aliphatic rings. The van der Waals surface area contributed by atoms with Crippen molar-refractivity contribution < 1.29 is 9.90 Å². The maximum Gasteiger partial charge on any atom is 0.320 e. The van der Waals surface area contributed by atoms with Crippen LogP contribution in [-0.2, 0) is 4.79 Å². The van der Waals surface area contributed by atoms with Gasteiger partial charge in [0.2, 0.25) is 0 Å². The maximum absolute atomic E-state index is 11.1. The highest BCUT2D eigenvalue weighted by Crippen LogP contribution is 2.16. The van der Waals surface area contributed by atoms with Crippen LogP contribution in [0.1, 0.15) is 32.6 Å². The third kappa shape index (κ3) is 3.47. The fourth-order valence-electron chi connectivity index (χ4n) is 2.24. The predicted octanol–water partition coefficient (Wildman–Crippen LogP) is 0.923. The SMILES string of the molecule is CCCC(C(=O)O)N(C)C1CCNCC1. The second-order valence-corrected chi connectivity index (χ2v) is 4.29. The van der Waals surface area contributed by atoms with E-state index in [2.05, 4.69) is 5.32 Å². The lowest BCUT2D eigenvalue weighted by Crippen LogP contribution is -2.48. The quantitative estimate of drug-likeness (QED) is 0.714. The van der Waals surface area contributed by atoms with Gasteiger partial charge in [0.05, 0.1) is 0 Å². The molecule has 1 aliphatic heterocycles. The van der Waals surface area contributed by atoms with Crippen molar-refractivity contribution in [3.8, 4) is 0 Å². The van der Waals surface area contributed by atoms with Gasteiger partial charge in [-0.1, -0.05) is 13.3 Å². The van der Waals surface area contributed by atoms with Crippen LogP contribution in [0.25, 0.3) is 0 Å². The average Bonchev–Trinajstić information content (AvgIpc) is 2.26. The number of hydrogen-bond acceptors (Lipinski definition) is 3. The van der Waals surface area contributed by atoms with Gasteiger partial charge < -0.3 is 10.4 Å². The van der Waals surface area contributed by atoms with E-state index < -0.39 is 5.97 Å². The van der Waals surface area contributed by atoms with Crippen molar-refractivity contribution in [2.24, 2.45) is 0 Å². The number of carbonyl (C=O) groups is 1. The molecule has 0 amide bonds. The lowest BCUT2D eigenvalue weighted by Gasteiger charge is -2.35. The monoisotopic (exact) mass is 214 g/mol. The Morgan fingerprint density at radius 2 is 2.13 bits per heavy atom. The minimum atomic E-state index is -0.683. The summed E-state index contributed by atoms with van der Waals surface area (Å²) in [5.41, 5.74) is 0. The highest BCUT2D eigenvalue weighted by atomic mass is 16.4. The summed E-state index contributed by atoms with van der Waals surface area (Å²) >= 11 is 0. The van der Waals surface area contributed by atoms with Gasteiger partial charge in [0.1, 0.15) is 6.04 Å². The number of carboxylic acids is 1. The van der Waals surface area contributed by atoms with Crippen molar-refractivity contribution in [2.45, 2.75) is 44.7 Å². The minimum absolute atomic E-state index is 0.307. The van der Waals surface area contributed by atoms with E-state index in [1.165, 1.54) is 0 Å². The van der Waals surface area contributed by atoms with Crippen molar-refractivity contribution in [2.75, 3.05) is 20.1 Å². The van der Waals surface area contributed by atoms with Crippen molar-refractivity contribution in [1.29, 1.82) is 0 Å². The van der Waals surface area contributed by atoms with E-state index in [0.717, 1.165) is 38.8 Å². The third-order valence-electron chi connectivity index (χ3n) is 3.22. The van der Waals surface area contributed by atoms with Gasteiger partial charge in [-0.2, -0.15) is 0 Å². The van der Waals surface area contributed by atoms with Crippen LogP contribution in [0.15, 0.2) is 0 Å². The molecule has 0 radical (unpaired) electrons. The molecule has 0 aromatic carbocycles. The fraction of sp³-hybridized carbons (Fsp3) is 0.909. The molecule has 1 saturated heterocycles. The summed E-state index contributed by atoms with van der Waals surface area (Å²) in [7, 11) is 1.95. The molecule has 0 aliphatic carbocycles. The Morgan fingerprint density at radius 3 is 2.60 bits per heavy atom. The van der Waals surface area contributed by atoms with Crippen molar-refractivity contribution in [3.63, 3.8) is 0 Å². The van der Waals surface area contributed by atoms with E-state index in [1.807, 2.05) is 18.9 Å². The molecule has 1 fully saturated rings. The van der Waals surface area contributed by atoms with Crippen LogP contribution in [0.2, 0.25) is 0 Å². The molecule has 1 heterocycles. The Labute approximate surface area is 91.6 Å².